The van der Waals surface area contributed by atoms with Crippen LogP contribution in [0.2, 0.25) is 0 Å². The molecule has 0 bridgehead atoms. The van der Waals surface area contributed by atoms with Crippen LogP contribution in [0.1, 0.15) is 4.88 Å². The Labute approximate surface area is 134 Å². The first-order valence-electron chi connectivity index (χ1n) is 7.42. The number of rotatable bonds is 4. The second-order valence-corrected chi connectivity index (χ2v) is 6.53. The highest BCUT2D eigenvalue weighted by atomic mass is 32.1. The van der Waals surface area contributed by atoms with Crippen molar-refractivity contribution >= 4 is 28.7 Å². The molecule has 1 aliphatic rings. The predicted octanol–water partition coefficient (Wildman–Crippen LogP) is 2.08. The fourth-order valence-electron chi connectivity index (χ4n) is 2.47. The molecule has 22 heavy (non-hydrogen) atoms. The van der Waals surface area contributed by atoms with Crippen LogP contribution >= 0.6 is 11.3 Å². The molecule has 2 aromatic rings. The Morgan fingerprint density at radius 2 is 2.09 bits per heavy atom. The van der Waals surface area contributed by atoms with Gasteiger partial charge >= 0.3 is 0 Å². The molecular weight excluding hydrogens is 296 g/mol. The molecule has 0 atom stereocenters. The number of nitrogens with one attached hydrogen (secondary N) is 1. The van der Waals surface area contributed by atoms with Crippen molar-refractivity contribution in [2.75, 3.05) is 43.4 Å². The highest BCUT2D eigenvalue weighted by molar-refractivity contribution is 7.10. The van der Waals surface area contributed by atoms with Gasteiger partial charge in [-0.25, -0.2) is 4.98 Å². The molecule has 6 heteroatoms. The third-order valence-corrected chi connectivity index (χ3v) is 4.68. The van der Waals surface area contributed by atoms with Crippen LogP contribution in [0.3, 0.4) is 0 Å². The quantitative estimate of drug-likeness (QED) is 0.938. The van der Waals surface area contributed by atoms with Crippen LogP contribution in [0, 0.1) is 0 Å². The zero-order valence-corrected chi connectivity index (χ0v) is 13.5. The lowest BCUT2D eigenvalue weighted by atomic mass is 10.3. The number of aromatic nitrogens is 1. The van der Waals surface area contributed by atoms with Gasteiger partial charge in [-0.3, -0.25) is 4.79 Å². The van der Waals surface area contributed by atoms with E-state index in [9.17, 15) is 4.79 Å². The Kier molecular flexibility index (Phi) is 4.70. The summed E-state index contributed by atoms with van der Waals surface area (Å²) < 4.78 is 0. The van der Waals surface area contributed by atoms with Crippen molar-refractivity contribution in [1.82, 2.24) is 9.88 Å². The molecule has 2 aromatic heterocycles. The smallest absolute Gasteiger partial charge is 0.230 e. The molecule has 0 saturated carbocycles. The number of carbonyl (C=O) groups is 1. The maximum atomic E-state index is 11.9. The molecule has 1 N–H and O–H groups in total. The molecule has 116 valence electrons. The number of amides is 1. The van der Waals surface area contributed by atoms with E-state index in [-0.39, 0.29) is 5.91 Å². The molecule has 1 fully saturated rings. The molecule has 0 unspecified atom stereocenters. The standard InChI is InChI=1S/C16H20N4OS/c1-19-6-8-20(9-7-19)13-4-5-15(17-12-13)18-16(21)11-14-3-2-10-22-14/h2-5,10,12H,6-9,11H2,1H3,(H,17,18,21). The van der Waals surface area contributed by atoms with Crippen molar-refractivity contribution in [3.8, 4) is 0 Å². The fraction of sp³-hybridized carbons (Fsp3) is 0.375. The lowest BCUT2D eigenvalue weighted by Crippen LogP contribution is -2.44. The number of likely N-dealkylation sites (N-methyl/N-ethyl adjacent to an activating group) is 1. The zero-order chi connectivity index (χ0) is 15.4. The van der Waals surface area contributed by atoms with Crippen LogP contribution in [0.4, 0.5) is 11.5 Å². The van der Waals surface area contributed by atoms with Crippen molar-refractivity contribution in [3.05, 3.63) is 40.7 Å². The van der Waals surface area contributed by atoms with Crippen molar-refractivity contribution < 1.29 is 4.79 Å². The first-order chi connectivity index (χ1) is 10.7. The highest BCUT2D eigenvalue weighted by Gasteiger charge is 2.14. The van der Waals surface area contributed by atoms with Gasteiger partial charge in [-0.2, -0.15) is 0 Å². The van der Waals surface area contributed by atoms with Crippen LogP contribution < -0.4 is 10.2 Å². The van der Waals surface area contributed by atoms with Crippen LogP contribution in [-0.4, -0.2) is 49.0 Å². The van der Waals surface area contributed by atoms with E-state index in [0.717, 1.165) is 36.7 Å². The maximum absolute atomic E-state index is 11.9. The number of piperazine rings is 1. The first kappa shape index (κ1) is 15.0. The normalized spacial score (nSPS) is 15.8. The summed E-state index contributed by atoms with van der Waals surface area (Å²) >= 11 is 1.59. The largest absolute Gasteiger partial charge is 0.368 e. The van der Waals surface area contributed by atoms with E-state index in [2.05, 4.69) is 27.1 Å². The molecule has 0 aliphatic carbocycles. The molecule has 3 rings (SSSR count). The average molecular weight is 316 g/mol. The first-order valence-corrected chi connectivity index (χ1v) is 8.30. The van der Waals surface area contributed by atoms with E-state index in [0.29, 0.717) is 12.2 Å². The Bertz CT molecular complexity index is 604. The lowest BCUT2D eigenvalue weighted by molar-refractivity contribution is -0.115. The zero-order valence-electron chi connectivity index (χ0n) is 12.7. The Morgan fingerprint density at radius 3 is 2.73 bits per heavy atom. The van der Waals surface area contributed by atoms with Crippen LogP contribution in [0.15, 0.2) is 35.8 Å². The fourth-order valence-corrected chi connectivity index (χ4v) is 3.17. The molecule has 1 saturated heterocycles. The summed E-state index contributed by atoms with van der Waals surface area (Å²) in [7, 11) is 2.14. The summed E-state index contributed by atoms with van der Waals surface area (Å²) in [6, 6.07) is 7.82. The number of hydrogen-bond acceptors (Lipinski definition) is 5. The average Bonchev–Trinajstić information content (AvgIpc) is 3.02. The van der Waals surface area contributed by atoms with Gasteiger partial charge in [0.05, 0.1) is 18.3 Å². The van der Waals surface area contributed by atoms with Gasteiger partial charge in [-0.1, -0.05) is 6.07 Å². The number of carbonyl (C=O) groups excluding carboxylic acids is 1. The summed E-state index contributed by atoms with van der Waals surface area (Å²) in [4.78, 5) is 22.0. The van der Waals surface area contributed by atoms with Gasteiger partial charge < -0.3 is 15.1 Å². The topological polar surface area (TPSA) is 48.5 Å². The second kappa shape index (κ2) is 6.89. The van der Waals surface area contributed by atoms with Gasteiger partial charge in [-0.05, 0) is 30.6 Å². The van der Waals surface area contributed by atoms with Gasteiger partial charge in [0.15, 0.2) is 0 Å². The molecule has 0 aromatic carbocycles. The number of pyridine rings is 1. The number of nitrogens with zero attached hydrogens (tertiary/aromatic N) is 3. The van der Waals surface area contributed by atoms with Crippen LogP contribution in [-0.2, 0) is 11.2 Å². The van der Waals surface area contributed by atoms with Crippen molar-refractivity contribution in [1.29, 1.82) is 0 Å². The molecule has 0 radical (unpaired) electrons. The number of anilines is 2. The van der Waals surface area contributed by atoms with Crippen molar-refractivity contribution in [2.24, 2.45) is 0 Å². The third-order valence-electron chi connectivity index (χ3n) is 3.80. The van der Waals surface area contributed by atoms with Gasteiger partial charge in [0.2, 0.25) is 5.91 Å². The van der Waals surface area contributed by atoms with Gasteiger partial charge in [0.25, 0.3) is 0 Å². The second-order valence-electron chi connectivity index (χ2n) is 5.50. The van der Waals surface area contributed by atoms with Crippen molar-refractivity contribution in [3.63, 3.8) is 0 Å². The minimum atomic E-state index is -0.0257. The minimum Gasteiger partial charge on any atom is -0.368 e. The summed E-state index contributed by atoms with van der Waals surface area (Å²) in [5.74, 6) is 0.585. The summed E-state index contributed by atoms with van der Waals surface area (Å²) in [6.07, 6.45) is 2.24. The van der Waals surface area contributed by atoms with E-state index in [1.165, 1.54) is 0 Å². The molecule has 5 nitrogen and oxygen atoms in total. The van der Waals surface area contributed by atoms with Gasteiger partial charge in [-0.15, -0.1) is 11.3 Å². The van der Waals surface area contributed by atoms with Crippen molar-refractivity contribution in [2.45, 2.75) is 6.42 Å². The van der Waals surface area contributed by atoms with E-state index >= 15 is 0 Å². The maximum Gasteiger partial charge on any atom is 0.230 e. The highest BCUT2D eigenvalue weighted by Crippen LogP contribution is 2.17. The summed E-state index contributed by atoms with van der Waals surface area (Å²) in [6.45, 7) is 4.17. The van der Waals surface area contributed by atoms with Gasteiger partial charge in [0, 0.05) is 31.1 Å². The van der Waals surface area contributed by atoms with E-state index in [1.807, 2.05) is 35.8 Å². The van der Waals surface area contributed by atoms with E-state index < -0.39 is 0 Å². The minimum absolute atomic E-state index is 0.0257. The Balaban J connectivity index is 1.56. The Morgan fingerprint density at radius 1 is 1.27 bits per heavy atom. The SMILES string of the molecule is CN1CCN(c2ccc(NC(=O)Cc3cccs3)nc2)CC1. The monoisotopic (exact) mass is 316 g/mol. The Hall–Kier alpha value is -1.92. The molecule has 1 aliphatic heterocycles. The van der Waals surface area contributed by atoms with E-state index in [4.69, 9.17) is 0 Å². The lowest BCUT2D eigenvalue weighted by Gasteiger charge is -2.33. The van der Waals surface area contributed by atoms with E-state index in [1.54, 1.807) is 11.3 Å². The van der Waals surface area contributed by atoms with Gasteiger partial charge in [0.1, 0.15) is 5.82 Å². The summed E-state index contributed by atoms with van der Waals surface area (Å²) in [5.41, 5.74) is 1.12. The van der Waals surface area contributed by atoms with Crippen LogP contribution in [0.5, 0.6) is 0 Å². The van der Waals surface area contributed by atoms with Crippen LogP contribution in [0.25, 0.3) is 0 Å². The summed E-state index contributed by atoms with van der Waals surface area (Å²) in [5, 5.41) is 4.83. The molecule has 3 heterocycles. The number of hydrogen-bond donors (Lipinski definition) is 1. The molecule has 0 spiro atoms. The predicted molar refractivity (Wildman–Crippen MR) is 90.6 cm³/mol. The molecule has 1 amide bonds. The third kappa shape index (κ3) is 3.84. The number of thiophene rings is 1. The molecular formula is C16H20N4OS.